The van der Waals surface area contributed by atoms with Crippen LogP contribution in [0.4, 0.5) is 0 Å². The summed E-state index contributed by atoms with van der Waals surface area (Å²) in [6, 6.07) is 16.3. The van der Waals surface area contributed by atoms with Crippen molar-refractivity contribution >= 4 is 39.3 Å². The zero-order valence-electron chi connectivity index (χ0n) is 13.9. The van der Waals surface area contributed by atoms with Gasteiger partial charge in [-0.2, -0.15) is 0 Å². The highest BCUT2D eigenvalue weighted by Crippen LogP contribution is 2.39. The lowest BCUT2D eigenvalue weighted by molar-refractivity contribution is 0.288. The third kappa shape index (κ3) is 4.24. The van der Waals surface area contributed by atoms with Gasteiger partial charge in [0.2, 0.25) is 0 Å². The van der Waals surface area contributed by atoms with Crippen LogP contribution >= 0.6 is 39.3 Å². The summed E-state index contributed by atoms with van der Waals surface area (Å²) in [7, 11) is 0. The molecular formula is C19H17BrClN3OS. The van der Waals surface area contributed by atoms with Gasteiger partial charge in [0.15, 0.2) is 11.0 Å². The lowest BCUT2D eigenvalue weighted by atomic mass is 10.2. The van der Waals surface area contributed by atoms with Gasteiger partial charge in [0, 0.05) is 16.3 Å². The van der Waals surface area contributed by atoms with Gasteiger partial charge in [-0.1, -0.05) is 63.6 Å². The normalized spacial score (nSPS) is 13.8. The summed E-state index contributed by atoms with van der Waals surface area (Å²) in [6.07, 6.45) is 2.34. The standard InChI is InChI=1S/C19H17BrClN3OS/c20-14-7-5-13(6-8-14)12-26-19-23-22-18(24(19)15-9-10-15)11-25-17-4-2-1-3-16(17)21/h1-8,15H,9-12H2. The van der Waals surface area contributed by atoms with Crippen LogP contribution in [0.1, 0.15) is 30.3 Å². The molecule has 1 aromatic heterocycles. The minimum absolute atomic E-state index is 0.367. The number of thioether (sulfide) groups is 1. The number of hydrogen-bond donors (Lipinski definition) is 0. The molecule has 4 nitrogen and oxygen atoms in total. The van der Waals surface area contributed by atoms with Gasteiger partial charge in [0.25, 0.3) is 0 Å². The molecule has 0 bridgehead atoms. The predicted molar refractivity (Wildman–Crippen MR) is 108 cm³/mol. The van der Waals surface area contributed by atoms with Gasteiger partial charge in [0.1, 0.15) is 12.4 Å². The van der Waals surface area contributed by atoms with Gasteiger partial charge >= 0.3 is 0 Å². The number of rotatable bonds is 7. The van der Waals surface area contributed by atoms with Crippen LogP contribution in [0.3, 0.4) is 0 Å². The molecule has 1 fully saturated rings. The summed E-state index contributed by atoms with van der Waals surface area (Å²) >= 11 is 11.3. The summed E-state index contributed by atoms with van der Waals surface area (Å²) in [6.45, 7) is 0.367. The van der Waals surface area contributed by atoms with Crippen LogP contribution in [-0.4, -0.2) is 14.8 Å². The van der Waals surface area contributed by atoms with E-state index in [2.05, 4.69) is 55.0 Å². The number of nitrogens with zero attached hydrogens (tertiary/aromatic N) is 3. The molecule has 1 saturated carbocycles. The molecule has 1 heterocycles. The molecule has 0 saturated heterocycles. The molecule has 0 radical (unpaired) electrons. The third-order valence-corrected chi connectivity index (χ3v) is 5.98. The predicted octanol–water partition coefficient (Wildman–Crippen LogP) is 5.90. The fourth-order valence-electron chi connectivity index (χ4n) is 2.64. The van der Waals surface area contributed by atoms with Crippen molar-refractivity contribution in [3.8, 4) is 5.75 Å². The molecule has 0 atom stereocenters. The van der Waals surface area contributed by atoms with Crippen molar-refractivity contribution in [2.24, 2.45) is 0 Å². The highest BCUT2D eigenvalue weighted by Gasteiger charge is 2.29. The Hall–Kier alpha value is -1.50. The molecule has 0 spiro atoms. The largest absolute Gasteiger partial charge is 0.484 e. The smallest absolute Gasteiger partial charge is 0.191 e. The highest BCUT2D eigenvalue weighted by atomic mass is 79.9. The second kappa shape index (κ2) is 8.03. The van der Waals surface area contributed by atoms with Crippen LogP contribution in [0.2, 0.25) is 5.02 Å². The topological polar surface area (TPSA) is 39.9 Å². The molecule has 1 aliphatic rings. The number of hydrogen-bond acceptors (Lipinski definition) is 4. The Kier molecular flexibility index (Phi) is 5.52. The summed E-state index contributed by atoms with van der Waals surface area (Å²) in [5.41, 5.74) is 1.26. The molecule has 2 aromatic carbocycles. The Labute approximate surface area is 170 Å². The van der Waals surface area contributed by atoms with Crippen LogP contribution in [0.5, 0.6) is 5.75 Å². The molecule has 0 N–H and O–H groups in total. The minimum Gasteiger partial charge on any atom is -0.484 e. The first-order chi connectivity index (χ1) is 12.7. The van der Waals surface area contributed by atoms with E-state index in [9.17, 15) is 0 Å². The summed E-state index contributed by atoms with van der Waals surface area (Å²) in [4.78, 5) is 0. The van der Waals surface area contributed by atoms with E-state index >= 15 is 0 Å². The first kappa shape index (κ1) is 17.9. The maximum atomic E-state index is 6.16. The van der Waals surface area contributed by atoms with E-state index in [1.165, 1.54) is 18.4 Å². The van der Waals surface area contributed by atoms with Crippen molar-refractivity contribution in [3.63, 3.8) is 0 Å². The zero-order valence-corrected chi connectivity index (χ0v) is 17.1. The first-order valence-electron chi connectivity index (χ1n) is 8.39. The average molecular weight is 451 g/mol. The van der Waals surface area contributed by atoms with Crippen molar-refractivity contribution in [2.75, 3.05) is 0 Å². The molecule has 134 valence electrons. The Morgan fingerprint density at radius 2 is 1.88 bits per heavy atom. The maximum Gasteiger partial charge on any atom is 0.191 e. The fourth-order valence-corrected chi connectivity index (χ4v) is 4.07. The molecule has 0 aliphatic heterocycles. The van der Waals surface area contributed by atoms with Crippen LogP contribution < -0.4 is 4.74 Å². The summed E-state index contributed by atoms with van der Waals surface area (Å²) < 4.78 is 9.17. The van der Waals surface area contributed by atoms with Gasteiger partial charge in [-0.15, -0.1) is 10.2 Å². The molecule has 4 rings (SSSR count). The maximum absolute atomic E-state index is 6.16. The van der Waals surface area contributed by atoms with Gasteiger partial charge in [-0.25, -0.2) is 0 Å². The van der Waals surface area contributed by atoms with E-state index in [0.29, 0.717) is 23.4 Å². The summed E-state index contributed by atoms with van der Waals surface area (Å²) in [5, 5.41) is 10.3. The fraction of sp³-hybridized carbons (Fsp3) is 0.263. The van der Waals surface area contributed by atoms with E-state index in [4.69, 9.17) is 16.3 Å². The van der Waals surface area contributed by atoms with Crippen molar-refractivity contribution in [1.29, 1.82) is 0 Å². The second-order valence-corrected chi connectivity index (χ2v) is 8.40. The number of ether oxygens (including phenoxy) is 1. The van der Waals surface area contributed by atoms with Crippen molar-refractivity contribution in [2.45, 2.75) is 36.4 Å². The lowest BCUT2D eigenvalue weighted by Crippen LogP contribution is -2.07. The number of aromatic nitrogens is 3. The molecule has 7 heteroatoms. The molecule has 0 unspecified atom stereocenters. The lowest BCUT2D eigenvalue weighted by Gasteiger charge is -2.10. The van der Waals surface area contributed by atoms with Crippen LogP contribution in [0, 0.1) is 0 Å². The van der Waals surface area contributed by atoms with E-state index in [0.717, 1.165) is 21.2 Å². The third-order valence-electron chi connectivity index (χ3n) is 4.12. The van der Waals surface area contributed by atoms with E-state index < -0.39 is 0 Å². The summed E-state index contributed by atoms with van der Waals surface area (Å²) in [5.74, 6) is 2.39. The monoisotopic (exact) mass is 449 g/mol. The van der Waals surface area contributed by atoms with E-state index in [-0.39, 0.29) is 0 Å². The molecule has 0 amide bonds. The number of halogens is 2. The van der Waals surface area contributed by atoms with Crippen molar-refractivity contribution < 1.29 is 4.74 Å². The Bertz CT molecular complexity index is 896. The average Bonchev–Trinajstić information content (AvgIpc) is 3.41. The molecule has 3 aromatic rings. The van der Waals surface area contributed by atoms with Crippen LogP contribution in [0.25, 0.3) is 0 Å². The van der Waals surface area contributed by atoms with Crippen LogP contribution in [0.15, 0.2) is 58.2 Å². The minimum atomic E-state index is 0.367. The highest BCUT2D eigenvalue weighted by molar-refractivity contribution is 9.10. The Balaban J connectivity index is 1.46. The number of para-hydroxylation sites is 1. The Morgan fingerprint density at radius 3 is 2.62 bits per heavy atom. The Morgan fingerprint density at radius 1 is 1.12 bits per heavy atom. The van der Waals surface area contributed by atoms with Gasteiger partial charge in [-0.3, -0.25) is 4.57 Å². The van der Waals surface area contributed by atoms with Crippen LogP contribution in [-0.2, 0) is 12.4 Å². The number of benzene rings is 2. The zero-order chi connectivity index (χ0) is 17.9. The molecule has 1 aliphatic carbocycles. The SMILES string of the molecule is Clc1ccccc1OCc1nnc(SCc2ccc(Br)cc2)n1C1CC1. The van der Waals surface area contributed by atoms with Gasteiger partial charge in [-0.05, 0) is 42.7 Å². The van der Waals surface area contributed by atoms with Crippen molar-refractivity contribution in [1.82, 2.24) is 14.8 Å². The quantitative estimate of drug-likeness (QED) is 0.420. The molecule has 26 heavy (non-hydrogen) atoms. The second-order valence-electron chi connectivity index (χ2n) is 6.13. The van der Waals surface area contributed by atoms with E-state index in [1.807, 2.05) is 24.3 Å². The van der Waals surface area contributed by atoms with Gasteiger partial charge < -0.3 is 4.74 Å². The van der Waals surface area contributed by atoms with Gasteiger partial charge in [0.05, 0.1) is 5.02 Å². The first-order valence-corrected chi connectivity index (χ1v) is 10.5. The van der Waals surface area contributed by atoms with E-state index in [1.54, 1.807) is 11.8 Å². The van der Waals surface area contributed by atoms with Crippen molar-refractivity contribution in [3.05, 3.63) is 69.4 Å². The molecular weight excluding hydrogens is 434 g/mol.